The fourth-order valence-electron chi connectivity index (χ4n) is 7.18. The Kier molecular flexibility index (Phi) is 7.49. The number of fused-ring (bicyclic) bond motifs is 3. The molecule has 0 amide bonds. The minimum absolute atomic E-state index is 0.0407. The van der Waals surface area contributed by atoms with Crippen molar-refractivity contribution < 1.29 is 28.8 Å². The van der Waals surface area contributed by atoms with Crippen LogP contribution in [0.15, 0.2) is 48.7 Å². The number of ether oxygens (including phenoxy) is 4. The maximum Gasteiger partial charge on any atom is 0.335 e. The molecule has 1 N–H and O–H groups in total. The molecule has 8 rings (SSSR count). The first-order valence-corrected chi connectivity index (χ1v) is 16.3. The first-order chi connectivity index (χ1) is 22.3. The molecule has 0 aliphatic carbocycles. The highest BCUT2D eigenvalue weighted by Crippen LogP contribution is 2.50. The van der Waals surface area contributed by atoms with E-state index in [9.17, 15) is 9.90 Å². The van der Waals surface area contributed by atoms with E-state index in [1.165, 1.54) is 6.07 Å². The zero-order chi connectivity index (χ0) is 31.6. The van der Waals surface area contributed by atoms with Crippen LogP contribution in [-0.2, 0) is 28.4 Å². The van der Waals surface area contributed by atoms with Gasteiger partial charge in [0.2, 0.25) is 0 Å². The maximum absolute atomic E-state index is 11.9. The molecule has 4 atom stereocenters. The second-order valence-corrected chi connectivity index (χ2v) is 13.2. The Hall–Kier alpha value is -3.61. The van der Waals surface area contributed by atoms with Gasteiger partial charge in [-0.2, -0.15) is 0 Å². The number of aromatic carboxylic acids is 1. The molecular weight excluding hydrogens is 633 g/mol. The molecule has 4 aromatic rings. The molecule has 4 aliphatic heterocycles. The van der Waals surface area contributed by atoms with E-state index in [0.29, 0.717) is 64.6 Å². The summed E-state index contributed by atoms with van der Waals surface area (Å²) in [4.78, 5) is 26.1. The monoisotopic (exact) mass is 665 g/mol. The molecule has 6 heterocycles. The summed E-state index contributed by atoms with van der Waals surface area (Å²) in [7, 11) is 0. The number of rotatable bonds is 7. The van der Waals surface area contributed by atoms with Gasteiger partial charge >= 0.3 is 5.97 Å². The quantitative estimate of drug-likeness (QED) is 0.277. The lowest BCUT2D eigenvalue weighted by Crippen LogP contribution is -2.59. The van der Waals surface area contributed by atoms with Crippen molar-refractivity contribution in [2.75, 3.05) is 37.8 Å². The molecule has 13 heteroatoms. The molecular formula is C33H33Cl2N5O6. The average molecular weight is 667 g/mol. The fourth-order valence-corrected chi connectivity index (χ4v) is 7.55. The number of benzene rings is 2. The van der Waals surface area contributed by atoms with Crippen molar-refractivity contribution in [2.24, 2.45) is 0 Å². The van der Waals surface area contributed by atoms with E-state index in [2.05, 4.69) is 25.4 Å². The smallest absolute Gasteiger partial charge is 0.335 e. The van der Waals surface area contributed by atoms with Gasteiger partial charge in [-0.15, -0.1) is 0 Å². The van der Waals surface area contributed by atoms with Crippen LogP contribution >= 0.6 is 23.2 Å². The second-order valence-electron chi connectivity index (χ2n) is 12.4. The summed E-state index contributed by atoms with van der Waals surface area (Å²) in [6, 6.07) is 12.9. The predicted molar refractivity (Wildman–Crippen MR) is 171 cm³/mol. The van der Waals surface area contributed by atoms with Crippen LogP contribution in [0.4, 0.5) is 5.69 Å². The van der Waals surface area contributed by atoms with Gasteiger partial charge < -0.3 is 33.5 Å². The summed E-state index contributed by atoms with van der Waals surface area (Å²) in [5, 5.41) is 10.6. The standard InChI is InChI=1S/C33H33Cl2N5O6/c1-33(28-8-7-20(34)14-36-28)45-27-6-2-5-23(31(27)46-33)39-10-9-38(25-17-43-18-26(25)39)16-29-37-30-22(35)12-19(32(41)42)13-24(30)40(29)15-21-4-3-11-44-21/h2,5-8,12-14,21,25-26H,3-4,9-11,15-18H2,1H3,(H,41,42)/t21-,25-,26+,33-/m0/s1. The predicted octanol–water partition coefficient (Wildman–Crippen LogP) is 5.35. The molecule has 0 bridgehead atoms. The van der Waals surface area contributed by atoms with Crippen LogP contribution < -0.4 is 14.4 Å². The fraction of sp³-hybridized carbons (Fsp3) is 0.424. The zero-order valence-electron chi connectivity index (χ0n) is 25.2. The Labute approximate surface area is 275 Å². The number of halogens is 2. The summed E-state index contributed by atoms with van der Waals surface area (Å²) >= 11 is 12.7. The zero-order valence-corrected chi connectivity index (χ0v) is 26.7. The van der Waals surface area contributed by atoms with Crippen molar-refractivity contribution in [1.29, 1.82) is 0 Å². The Morgan fingerprint density at radius 1 is 1.11 bits per heavy atom. The number of nitrogens with zero attached hydrogens (tertiary/aromatic N) is 5. The first-order valence-electron chi connectivity index (χ1n) is 15.5. The Morgan fingerprint density at radius 2 is 1.98 bits per heavy atom. The number of carbonyl (C=O) groups is 1. The van der Waals surface area contributed by atoms with Gasteiger partial charge in [0.25, 0.3) is 5.79 Å². The van der Waals surface area contributed by atoms with Gasteiger partial charge in [-0.25, -0.2) is 9.78 Å². The lowest BCUT2D eigenvalue weighted by molar-refractivity contribution is -0.0716. The molecule has 4 aliphatic rings. The van der Waals surface area contributed by atoms with Crippen LogP contribution in [0.25, 0.3) is 11.0 Å². The minimum atomic E-state index is -1.08. The van der Waals surface area contributed by atoms with E-state index < -0.39 is 11.8 Å². The molecule has 3 saturated heterocycles. The summed E-state index contributed by atoms with van der Waals surface area (Å²) in [6.45, 7) is 6.37. The van der Waals surface area contributed by atoms with Crippen molar-refractivity contribution in [2.45, 2.75) is 56.8 Å². The highest BCUT2D eigenvalue weighted by atomic mass is 35.5. The van der Waals surface area contributed by atoms with Crippen molar-refractivity contribution in [3.63, 3.8) is 0 Å². The minimum Gasteiger partial charge on any atom is -0.478 e. The highest BCUT2D eigenvalue weighted by Gasteiger charge is 2.46. The number of aromatic nitrogens is 3. The van der Waals surface area contributed by atoms with E-state index in [1.807, 2.05) is 25.1 Å². The van der Waals surface area contributed by atoms with Crippen LogP contribution in [0.1, 0.15) is 41.6 Å². The Balaban J connectivity index is 1.08. The second kappa shape index (κ2) is 11.6. The van der Waals surface area contributed by atoms with Crippen molar-refractivity contribution >= 4 is 45.9 Å². The van der Waals surface area contributed by atoms with Gasteiger partial charge in [0.05, 0.1) is 71.3 Å². The SMILES string of the molecule is C[C@]1(c2ccc(Cl)cn2)Oc2cccc(N3CCN(Cc4nc5c(Cl)cc(C(=O)O)cc5n4C[C@@H]4CCCO4)[C@H]4COC[C@H]43)c2O1. The average Bonchev–Trinajstić information content (AvgIpc) is 3.85. The number of hydrogen-bond acceptors (Lipinski definition) is 9. The Morgan fingerprint density at radius 3 is 2.76 bits per heavy atom. The summed E-state index contributed by atoms with van der Waals surface area (Å²) < 4.78 is 27.0. The van der Waals surface area contributed by atoms with Crippen LogP contribution in [0.5, 0.6) is 11.5 Å². The van der Waals surface area contributed by atoms with Crippen molar-refractivity contribution in [3.8, 4) is 11.5 Å². The Bertz CT molecular complexity index is 1810. The van der Waals surface area contributed by atoms with Crippen LogP contribution in [0.2, 0.25) is 10.0 Å². The summed E-state index contributed by atoms with van der Waals surface area (Å²) in [5.41, 5.74) is 3.04. The molecule has 240 valence electrons. The molecule has 2 aromatic carbocycles. The molecule has 11 nitrogen and oxygen atoms in total. The normalized spacial score (nSPS) is 25.8. The van der Waals surface area contributed by atoms with E-state index >= 15 is 0 Å². The molecule has 3 fully saturated rings. The van der Waals surface area contributed by atoms with Gasteiger partial charge in [0.15, 0.2) is 11.5 Å². The van der Waals surface area contributed by atoms with Gasteiger partial charge in [0, 0.05) is 32.8 Å². The third-order valence-electron chi connectivity index (χ3n) is 9.47. The molecule has 0 saturated carbocycles. The largest absolute Gasteiger partial charge is 0.478 e. The number of piperazine rings is 1. The van der Waals surface area contributed by atoms with Crippen LogP contribution in [-0.4, -0.2) is 81.6 Å². The third-order valence-corrected chi connectivity index (χ3v) is 9.98. The van der Waals surface area contributed by atoms with Crippen molar-refractivity contribution in [3.05, 3.63) is 75.8 Å². The van der Waals surface area contributed by atoms with Gasteiger partial charge in [-0.3, -0.25) is 9.88 Å². The highest BCUT2D eigenvalue weighted by molar-refractivity contribution is 6.35. The number of hydrogen-bond donors (Lipinski definition) is 1. The van der Waals surface area contributed by atoms with Crippen LogP contribution in [0, 0.1) is 0 Å². The van der Waals surface area contributed by atoms with E-state index in [1.54, 1.807) is 18.3 Å². The maximum atomic E-state index is 11.9. The van der Waals surface area contributed by atoms with Crippen molar-refractivity contribution in [1.82, 2.24) is 19.4 Å². The number of imidazole rings is 1. The van der Waals surface area contributed by atoms with Crippen LogP contribution in [0.3, 0.4) is 0 Å². The summed E-state index contributed by atoms with van der Waals surface area (Å²) in [6.07, 6.45) is 3.58. The third kappa shape index (κ3) is 5.14. The molecule has 0 unspecified atom stereocenters. The lowest BCUT2D eigenvalue weighted by Gasteiger charge is -2.44. The van der Waals surface area contributed by atoms with Gasteiger partial charge in [-0.1, -0.05) is 29.3 Å². The molecule has 0 radical (unpaired) electrons. The number of anilines is 1. The van der Waals surface area contributed by atoms with E-state index in [4.69, 9.17) is 47.1 Å². The first kappa shape index (κ1) is 29.8. The topological polar surface area (TPSA) is 111 Å². The lowest BCUT2D eigenvalue weighted by atomic mass is 10.0. The van der Waals surface area contributed by atoms with E-state index in [0.717, 1.165) is 44.0 Å². The summed E-state index contributed by atoms with van der Waals surface area (Å²) in [5.74, 6) is 0.0694. The number of para-hydroxylation sites is 1. The molecule has 46 heavy (non-hydrogen) atoms. The molecule has 0 spiro atoms. The van der Waals surface area contributed by atoms with E-state index in [-0.39, 0.29) is 23.8 Å². The molecule has 2 aromatic heterocycles. The number of carboxylic acid groups (broad SMARTS) is 1. The van der Waals surface area contributed by atoms with Gasteiger partial charge in [0.1, 0.15) is 17.0 Å². The van der Waals surface area contributed by atoms with Gasteiger partial charge in [-0.05, 0) is 49.2 Å². The number of carboxylic acids is 1. The number of pyridine rings is 1.